The molecule has 2 aliphatic rings. The van der Waals surface area contributed by atoms with Crippen molar-refractivity contribution in [3.8, 4) is 0 Å². The maximum absolute atomic E-state index is 11.8. The van der Waals surface area contributed by atoms with Gasteiger partial charge in [-0.25, -0.2) is 23.7 Å². The van der Waals surface area contributed by atoms with E-state index in [2.05, 4.69) is 23.1 Å². The summed E-state index contributed by atoms with van der Waals surface area (Å²) < 4.78 is 51.0. The van der Waals surface area contributed by atoms with Crippen molar-refractivity contribution < 1.29 is 61.4 Å². The van der Waals surface area contributed by atoms with Crippen LogP contribution in [0.2, 0.25) is 0 Å². The van der Waals surface area contributed by atoms with Gasteiger partial charge in [0.25, 0.3) is 0 Å². The normalized spacial score (nSPS) is 29.6. The predicted octanol–water partition coefficient (Wildman–Crippen LogP) is -1.94. The van der Waals surface area contributed by atoms with Crippen molar-refractivity contribution in [1.82, 2.24) is 9.97 Å². The molecule has 0 bridgehead atoms. The molecule has 0 aliphatic carbocycles. The molecule has 2 unspecified atom stereocenters. The number of aliphatic hydroxyl groups excluding tert-OH is 2. The lowest BCUT2D eigenvalue weighted by Crippen LogP contribution is -2.45. The Hall–Kier alpha value is -1.23. The van der Waals surface area contributed by atoms with Crippen LogP contribution in [-0.2, 0) is 31.6 Å². The lowest BCUT2D eigenvalue weighted by molar-refractivity contribution is -0.0217. The molecule has 1 fully saturated rings. The number of hydrogen-bond acceptors (Lipinski definition) is 14. The first-order chi connectivity index (χ1) is 14.6. The highest BCUT2D eigenvalue weighted by Gasteiger charge is 2.49. The van der Waals surface area contributed by atoms with Crippen LogP contribution in [0.3, 0.4) is 0 Å². The third-order valence-corrected chi connectivity index (χ3v) is 8.11. The molecule has 3 rings (SSSR count). The molecular weight excluding hydrogens is 503 g/mol. The van der Waals surface area contributed by atoms with Gasteiger partial charge in [0.1, 0.15) is 30.3 Å². The Labute approximate surface area is 179 Å². The Morgan fingerprint density at radius 2 is 1.78 bits per heavy atom. The monoisotopic (exact) mass is 523 g/mol. The first kappa shape index (κ1) is 25.4. The molecule has 1 saturated heterocycles. The fourth-order valence-corrected chi connectivity index (χ4v) is 6.15. The van der Waals surface area contributed by atoms with Crippen LogP contribution < -0.4 is 15.5 Å². The van der Waals surface area contributed by atoms with Crippen LogP contribution in [0, 0.1) is 0 Å². The van der Waals surface area contributed by atoms with Crippen LogP contribution in [0.4, 0.5) is 17.3 Å². The predicted molar refractivity (Wildman–Crippen MR) is 103 cm³/mol. The number of nitrogens with two attached hydrogens (primary N) is 1. The van der Waals surface area contributed by atoms with E-state index in [4.69, 9.17) is 25.2 Å². The van der Waals surface area contributed by atoms with Crippen molar-refractivity contribution in [3.63, 3.8) is 0 Å². The number of aromatic nitrogens is 2. The lowest BCUT2D eigenvalue weighted by Gasteiger charge is -2.27. The second kappa shape index (κ2) is 8.85. The average Bonchev–Trinajstić information content (AvgIpc) is 3.09. The number of phosphoric acid groups is 3. The van der Waals surface area contributed by atoms with Crippen molar-refractivity contribution >= 4 is 40.8 Å². The molecule has 32 heavy (non-hydrogen) atoms. The SMILES string of the molecule is CN1CN([C@@H]2O[C@H](COP(=O)(O)OP(=O)(O)OP(=O)(O)O)[C@@H](O)[C@H]2O)c2ncnc(N)c21. The van der Waals surface area contributed by atoms with Crippen LogP contribution in [-0.4, -0.2) is 84.6 Å². The van der Waals surface area contributed by atoms with Crippen LogP contribution in [0.5, 0.6) is 0 Å². The number of nitrogens with zero attached hydrogens (tertiary/aromatic N) is 4. The summed E-state index contributed by atoms with van der Waals surface area (Å²) in [7, 11) is -15.0. The van der Waals surface area contributed by atoms with Gasteiger partial charge in [-0.05, 0) is 0 Å². The van der Waals surface area contributed by atoms with Gasteiger partial charge in [0.2, 0.25) is 0 Å². The van der Waals surface area contributed by atoms with Gasteiger partial charge in [0.15, 0.2) is 17.9 Å². The minimum Gasteiger partial charge on any atom is -0.387 e. The fraction of sp³-hybridized carbons (Fsp3) is 0.636. The number of rotatable bonds is 8. The van der Waals surface area contributed by atoms with E-state index >= 15 is 0 Å². The standard InChI is InChI=1S/C11H20N5O13P3/c1-15-4-16(10-6(15)9(12)13-3-14-10)11-8(18)7(17)5(27-11)2-26-31(22,23)29-32(24,25)28-30(19,20)21/h3,5,7-8,11,17-18H,2,4H2,1H3,(H,22,23)(H,24,25)(H2,12,13,14)(H2,19,20,21)/t5-,7-,8-,11-/m1/s1. The molecule has 1 aromatic rings. The summed E-state index contributed by atoms with van der Waals surface area (Å²) in [4.78, 5) is 46.8. The number of hydrogen-bond donors (Lipinski definition) is 7. The molecule has 3 heterocycles. The number of phosphoric ester groups is 1. The Kier molecular flexibility index (Phi) is 7.02. The number of aliphatic hydroxyl groups is 2. The van der Waals surface area contributed by atoms with Gasteiger partial charge >= 0.3 is 23.5 Å². The second-order valence-corrected chi connectivity index (χ2v) is 11.1. The number of ether oxygens (including phenoxy) is 1. The maximum atomic E-state index is 11.8. The molecule has 0 radical (unpaired) electrons. The van der Waals surface area contributed by atoms with Crippen molar-refractivity contribution in [2.75, 3.05) is 35.9 Å². The van der Waals surface area contributed by atoms with E-state index in [1.165, 1.54) is 11.2 Å². The molecule has 6 atom stereocenters. The summed E-state index contributed by atoms with van der Waals surface area (Å²) >= 11 is 0. The van der Waals surface area contributed by atoms with Crippen molar-refractivity contribution in [2.45, 2.75) is 24.5 Å². The molecule has 0 amide bonds. The number of nitrogen functional groups attached to an aromatic ring is 1. The van der Waals surface area contributed by atoms with E-state index in [9.17, 15) is 28.8 Å². The molecular formula is C11H20N5O13P3. The summed E-state index contributed by atoms with van der Waals surface area (Å²) in [5, 5.41) is 20.6. The Bertz CT molecular complexity index is 1010. The first-order valence-corrected chi connectivity index (χ1v) is 13.0. The zero-order valence-corrected chi connectivity index (χ0v) is 18.7. The molecule has 18 nitrogen and oxygen atoms in total. The van der Waals surface area contributed by atoms with Gasteiger partial charge in [0.05, 0.1) is 13.3 Å². The largest absolute Gasteiger partial charge is 0.490 e. The Morgan fingerprint density at radius 1 is 1.12 bits per heavy atom. The molecule has 182 valence electrons. The third kappa shape index (κ3) is 5.63. The highest BCUT2D eigenvalue weighted by molar-refractivity contribution is 7.66. The number of fused-ring (bicyclic) bond motifs is 1. The summed E-state index contributed by atoms with van der Waals surface area (Å²) in [6.07, 6.45) is -4.61. The van der Waals surface area contributed by atoms with E-state index in [1.54, 1.807) is 11.9 Å². The summed E-state index contributed by atoms with van der Waals surface area (Å²) in [5.74, 6) is 0.460. The van der Waals surface area contributed by atoms with E-state index in [0.717, 1.165) is 0 Å². The van der Waals surface area contributed by atoms with Crippen LogP contribution >= 0.6 is 23.5 Å². The third-order valence-electron chi connectivity index (χ3n) is 4.31. The average molecular weight is 523 g/mol. The molecule has 0 aromatic carbocycles. The highest BCUT2D eigenvalue weighted by atomic mass is 31.3. The van der Waals surface area contributed by atoms with Gasteiger partial charge in [-0.1, -0.05) is 0 Å². The molecule has 0 saturated carbocycles. The van der Waals surface area contributed by atoms with Gasteiger partial charge in [-0.15, -0.1) is 0 Å². The zero-order valence-electron chi connectivity index (χ0n) is 16.0. The minimum absolute atomic E-state index is 0.134. The highest BCUT2D eigenvalue weighted by Crippen LogP contribution is 2.66. The van der Waals surface area contributed by atoms with Crippen LogP contribution in [0.1, 0.15) is 0 Å². The topological polar surface area (TPSA) is 268 Å². The molecule has 21 heteroatoms. The molecule has 8 N–H and O–H groups in total. The van der Waals surface area contributed by atoms with E-state index in [0.29, 0.717) is 11.5 Å². The number of anilines is 3. The molecule has 0 spiro atoms. The van der Waals surface area contributed by atoms with Crippen molar-refractivity contribution in [2.24, 2.45) is 0 Å². The Morgan fingerprint density at radius 3 is 2.41 bits per heavy atom. The van der Waals surface area contributed by atoms with Gasteiger partial charge in [-0.3, -0.25) is 4.52 Å². The summed E-state index contributed by atoms with van der Waals surface area (Å²) in [6, 6.07) is 0. The summed E-state index contributed by atoms with van der Waals surface area (Å²) in [6.45, 7) is -0.796. The van der Waals surface area contributed by atoms with Crippen molar-refractivity contribution in [3.05, 3.63) is 6.33 Å². The zero-order chi connectivity index (χ0) is 24.1. The molecule has 2 aliphatic heterocycles. The van der Waals surface area contributed by atoms with E-state index in [1.807, 2.05) is 0 Å². The van der Waals surface area contributed by atoms with Crippen molar-refractivity contribution in [1.29, 1.82) is 0 Å². The van der Waals surface area contributed by atoms with E-state index < -0.39 is 54.6 Å². The van der Waals surface area contributed by atoms with Crippen LogP contribution in [0.15, 0.2) is 6.33 Å². The maximum Gasteiger partial charge on any atom is 0.490 e. The van der Waals surface area contributed by atoms with Gasteiger partial charge < -0.3 is 50.1 Å². The Balaban J connectivity index is 1.67. The smallest absolute Gasteiger partial charge is 0.387 e. The minimum atomic E-state index is -5.70. The first-order valence-electron chi connectivity index (χ1n) is 8.48. The van der Waals surface area contributed by atoms with Gasteiger partial charge in [0, 0.05) is 7.05 Å². The second-order valence-electron chi connectivity index (χ2n) is 6.67. The quantitative estimate of drug-likeness (QED) is 0.183. The van der Waals surface area contributed by atoms with E-state index in [-0.39, 0.29) is 12.5 Å². The lowest BCUT2D eigenvalue weighted by atomic mass is 10.1. The summed E-state index contributed by atoms with van der Waals surface area (Å²) in [5.41, 5.74) is 6.28. The fourth-order valence-electron chi connectivity index (χ4n) is 3.12. The van der Waals surface area contributed by atoms with Gasteiger partial charge in [-0.2, -0.15) is 8.62 Å². The van der Waals surface area contributed by atoms with Crippen LogP contribution in [0.25, 0.3) is 0 Å². The molecule has 1 aromatic heterocycles.